The molecule has 0 bridgehead atoms. The average molecular weight is 172 g/mol. The molecule has 0 saturated heterocycles. The molecule has 12 heavy (non-hydrogen) atoms. The van der Waals surface area contributed by atoms with Gasteiger partial charge >= 0.3 is 0 Å². The Balaban J connectivity index is 3.41. The maximum Gasteiger partial charge on any atom is 0.156 e. The predicted octanol–water partition coefficient (Wildman–Crippen LogP) is 2.74. The van der Waals surface area contributed by atoms with Crippen LogP contribution in [0.2, 0.25) is 0 Å². The third-order valence-corrected chi connectivity index (χ3v) is 2.03. The average Bonchev–Trinajstić information content (AvgIpc) is 2.12. The first kappa shape index (κ1) is 11.7. The van der Waals surface area contributed by atoms with E-state index in [0.717, 1.165) is 19.3 Å². The third-order valence-electron chi connectivity index (χ3n) is 2.03. The zero-order valence-electron chi connectivity index (χ0n) is 8.59. The van der Waals surface area contributed by atoms with Crippen LogP contribution in [0.3, 0.4) is 0 Å². The van der Waals surface area contributed by atoms with Crippen molar-refractivity contribution in [1.82, 2.24) is 0 Å². The third kappa shape index (κ3) is 5.33. The summed E-state index contributed by atoms with van der Waals surface area (Å²) < 4.78 is 10.1. The molecule has 0 rings (SSSR count). The van der Waals surface area contributed by atoms with Gasteiger partial charge in [0.1, 0.15) is 0 Å². The van der Waals surface area contributed by atoms with Gasteiger partial charge in [0, 0.05) is 14.2 Å². The second-order valence-corrected chi connectivity index (χ2v) is 2.93. The van der Waals surface area contributed by atoms with E-state index in [4.69, 9.17) is 9.47 Å². The molecule has 0 fully saturated rings. The number of allylic oxidation sites excluding steroid dienone is 2. The van der Waals surface area contributed by atoms with Gasteiger partial charge in [-0.25, -0.2) is 0 Å². The molecule has 0 amide bonds. The van der Waals surface area contributed by atoms with Crippen LogP contribution in [-0.2, 0) is 9.47 Å². The number of hydrogen-bond acceptors (Lipinski definition) is 2. The topological polar surface area (TPSA) is 18.5 Å². The molecular weight excluding hydrogens is 152 g/mol. The van der Waals surface area contributed by atoms with E-state index in [-0.39, 0.29) is 6.29 Å². The van der Waals surface area contributed by atoms with Crippen molar-refractivity contribution in [3.63, 3.8) is 0 Å². The van der Waals surface area contributed by atoms with Crippen molar-refractivity contribution >= 4 is 0 Å². The van der Waals surface area contributed by atoms with Gasteiger partial charge in [0.25, 0.3) is 0 Å². The quantitative estimate of drug-likeness (QED) is 0.453. The molecule has 0 atom stereocenters. The van der Waals surface area contributed by atoms with Gasteiger partial charge in [0.05, 0.1) is 0 Å². The van der Waals surface area contributed by atoms with Crippen LogP contribution in [0, 0.1) is 0 Å². The molecule has 0 aliphatic carbocycles. The lowest BCUT2D eigenvalue weighted by molar-refractivity contribution is -0.106. The fourth-order valence-corrected chi connectivity index (χ4v) is 1.02. The number of ether oxygens (including phenoxy) is 2. The van der Waals surface area contributed by atoms with E-state index in [0.29, 0.717) is 0 Å². The first-order valence-electron chi connectivity index (χ1n) is 4.42. The predicted molar refractivity (Wildman–Crippen MR) is 51.1 cm³/mol. The van der Waals surface area contributed by atoms with Gasteiger partial charge in [-0.05, 0) is 33.1 Å². The molecular formula is C10H20O2. The van der Waals surface area contributed by atoms with Crippen molar-refractivity contribution in [3.8, 4) is 0 Å². The first-order chi connectivity index (χ1) is 5.74. The summed E-state index contributed by atoms with van der Waals surface area (Å²) in [7, 11) is 3.35. The van der Waals surface area contributed by atoms with Crippen LogP contribution < -0.4 is 0 Å². The van der Waals surface area contributed by atoms with E-state index in [9.17, 15) is 0 Å². The lowest BCUT2D eigenvalue weighted by Crippen LogP contribution is -2.12. The summed E-state index contributed by atoms with van der Waals surface area (Å²) in [6, 6.07) is 0. The second-order valence-electron chi connectivity index (χ2n) is 2.93. The number of methoxy groups -OCH3 is 2. The molecule has 0 N–H and O–H groups in total. The van der Waals surface area contributed by atoms with Crippen LogP contribution in [0.4, 0.5) is 0 Å². The van der Waals surface area contributed by atoms with E-state index >= 15 is 0 Å². The molecule has 0 aromatic carbocycles. The highest BCUT2D eigenvalue weighted by Gasteiger charge is 2.03. The van der Waals surface area contributed by atoms with E-state index in [1.165, 1.54) is 5.57 Å². The zero-order chi connectivity index (χ0) is 9.40. The summed E-state index contributed by atoms with van der Waals surface area (Å²) in [6.07, 6.45) is 5.35. The summed E-state index contributed by atoms with van der Waals surface area (Å²) in [5.74, 6) is 0. The van der Waals surface area contributed by atoms with E-state index in [1.807, 2.05) is 0 Å². The summed E-state index contributed by atoms with van der Waals surface area (Å²) in [6.45, 7) is 4.22. The standard InChI is InChI=1S/C10H20O2/c1-5-9(2)7-6-8-10(11-3)12-4/h5,10H,6-8H2,1-4H3. The SMILES string of the molecule is CC=C(C)CCCC(OC)OC. The highest BCUT2D eigenvalue weighted by molar-refractivity contribution is 4.94. The van der Waals surface area contributed by atoms with E-state index in [2.05, 4.69) is 19.9 Å². The molecule has 0 radical (unpaired) electrons. The summed E-state index contributed by atoms with van der Waals surface area (Å²) >= 11 is 0. The van der Waals surface area contributed by atoms with Crippen molar-refractivity contribution in [3.05, 3.63) is 11.6 Å². The van der Waals surface area contributed by atoms with Gasteiger partial charge in [-0.1, -0.05) is 11.6 Å². The summed E-state index contributed by atoms with van der Waals surface area (Å²) in [5, 5.41) is 0. The fraction of sp³-hybridized carbons (Fsp3) is 0.800. The minimum Gasteiger partial charge on any atom is -0.356 e. The molecule has 0 unspecified atom stereocenters. The zero-order valence-corrected chi connectivity index (χ0v) is 8.59. The van der Waals surface area contributed by atoms with Crippen molar-refractivity contribution < 1.29 is 9.47 Å². The van der Waals surface area contributed by atoms with Gasteiger partial charge in [0.2, 0.25) is 0 Å². The lowest BCUT2D eigenvalue weighted by Gasteiger charge is -2.12. The Morgan fingerprint density at radius 1 is 1.33 bits per heavy atom. The monoisotopic (exact) mass is 172 g/mol. The van der Waals surface area contributed by atoms with E-state index < -0.39 is 0 Å². The van der Waals surface area contributed by atoms with Crippen LogP contribution in [0.1, 0.15) is 33.1 Å². The van der Waals surface area contributed by atoms with Crippen molar-refractivity contribution in [1.29, 1.82) is 0 Å². The van der Waals surface area contributed by atoms with Gasteiger partial charge in [0.15, 0.2) is 6.29 Å². The fourth-order valence-electron chi connectivity index (χ4n) is 1.02. The molecule has 0 aromatic rings. The smallest absolute Gasteiger partial charge is 0.156 e. The Labute approximate surface area is 75.6 Å². The second kappa shape index (κ2) is 7.32. The maximum atomic E-state index is 5.07. The van der Waals surface area contributed by atoms with Gasteiger partial charge < -0.3 is 9.47 Å². The number of hydrogen-bond donors (Lipinski definition) is 0. The highest BCUT2D eigenvalue weighted by atomic mass is 16.7. The molecule has 72 valence electrons. The van der Waals surface area contributed by atoms with Crippen molar-refractivity contribution in [2.24, 2.45) is 0 Å². The largest absolute Gasteiger partial charge is 0.356 e. The van der Waals surface area contributed by atoms with E-state index in [1.54, 1.807) is 14.2 Å². The van der Waals surface area contributed by atoms with Crippen molar-refractivity contribution in [2.75, 3.05) is 14.2 Å². The van der Waals surface area contributed by atoms with Crippen LogP contribution in [0.5, 0.6) is 0 Å². The molecule has 0 aliphatic rings. The molecule has 0 aromatic heterocycles. The highest BCUT2D eigenvalue weighted by Crippen LogP contribution is 2.09. The van der Waals surface area contributed by atoms with Crippen LogP contribution in [-0.4, -0.2) is 20.5 Å². The minimum absolute atomic E-state index is 0.0327. The first-order valence-corrected chi connectivity index (χ1v) is 4.42. The van der Waals surface area contributed by atoms with Crippen LogP contribution >= 0.6 is 0 Å². The summed E-state index contributed by atoms with van der Waals surface area (Å²) in [5.41, 5.74) is 1.43. The minimum atomic E-state index is -0.0327. The molecule has 0 aliphatic heterocycles. The Morgan fingerprint density at radius 2 is 1.92 bits per heavy atom. The molecule has 2 nitrogen and oxygen atoms in total. The Morgan fingerprint density at radius 3 is 2.33 bits per heavy atom. The lowest BCUT2D eigenvalue weighted by atomic mass is 10.1. The van der Waals surface area contributed by atoms with Gasteiger partial charge in [-0.3, -0.25) is 0 Å². The maximum absolute atomic E-state index is 5.07. The normalized spacial score (nSPS) is 12.6. The summed E-state index contributed by atoms with van der Waals surface area (Å²) in [4.78, 5) is 0. The van der Waals surface area contributed by atoms with Gasteiger partial charge in [-0.2, -0.15) is 0 Å². The van der Waals surface area contributed by atoms with Gasteiger partial charge in [-0.15, -0.1) is 0 Å². The molecule has 0 spiro atoms. The Hall–Kier alpha value is -0.340. The number of rotatable bonds is 6. The van der Waals surface area contributed by atoms with Crippen LogP contribution in [0.15, 0.2) is 11.6 Å². The molecule has 2 heteroatoms. The van der Waals surface area contributed by atoms with Crippen molar-refractivity contribution in [2.45, 2.75) is 39.4 Å². The van der Waals surface area contributed by atoms with Crippen LogP contribution in [0.25, 0.3) is 0 Å². The molecule has 0 saturated carbocycles. The Bertz CT molecular complexity index is 126. The Kier molecular flexibility index (Phi) is 7.11. The molecule has 0 heterocycles.